The number of anilines is 2. The van der Waals surface area contributed by atoms with Crippen LogP contribution in [0, 0.1) is 0 Å². The normalized spacial score (nSPS) is 14.6. The first-order valence-corrected chi connectivity index (χ1v) is 12.2. The highest BCUT2D eigenvalue weighted by molar-refractivity contribution is 6.06. The predicted molar refractivity (Wildman–Crippen MR) is 147 cm³/mol. The number of para-hydroxylation sites is 2. The Hall–Kier alpha value is -5.11. The SMILES string of the molecule is COc1ccccc1NC(=O)C1=C(C)Nc2nc(-c3cccc4ccccc34)nn2C1c1cccc(O)c1. The van der Waals surface area contributed by atoms with Crippen LogP contribution in [0.25, 0.3) is 22.2 Å². The number of carbonyl (C=O) groups excluding carboxylic acids is 1. The Balaban J connectivity index is 1.48. The molecule has 2 heterocycles. The maximum Gasteiger partial charge on any atom is 0.255 e. The third-order valence-corrected chi connectivity index (χ3v) is 6.67. The number of amides is 1. The lowest BCUT2D eigenvalue weighted by Crippen LogP contribution is -2.31. The number of phenols is 1. The van der Waals surface area contributed by atoms with Crippen molar-refractivity contribution in [3.63, 3.8) is 0 Å². The van der Waals surface area contributed by atoms with E-state index >= 15 is 0 Å². The van der Waals surface area contributed by atoms with Gasteiger partial charge in [-0.3, -0.25) is 4.79 Å². The maximum absolute atomic E-state index is 13.8. The molecule has 188 valence electrons. The number of phenolic OH excluding ortho intramolecular Hbond substituents is 1. The molecule has 0 radical (unpaired) electrons. The molecule has 3 N–H and O–H groups in total. The minimum Gasteiger partial charge on any atom is -0.508 e. The van der Waals surface area contributed by atoms with Gasteiger partial charge in [-0.25, -0.2) is 4.68 Å². The molecule has 38 heavy (non-hydrogen) atoms. The van der Waals surface area contributed by atoms with E-state index in [0.717, 1.165) is 16.3 Å². The van der Waals surface area contributed by atoms with Crippen molar-refractivity contribution in [2.24, 2.45) is 0 Å². The van der Waals surface area contributed by atoms with Crippen LogP contribution in [0.15, 0.2) is 102 Å². The zero-order valence-corrected chi connectivity index (χ0v) is 20.8. The topological polar surface area (TPSA) is 101 Å². The number of hydrogen-bond acceptors (Lipinski definition) is 6. The molecule has 1 atom stereocenters. The number of carbonyl (C=O) groups is 1. The molecule has 4 aromatic carbocycles. The molecule has 1 amide bonds. The Kier molecular flexibility index (Phi) is 5.76. The molecule has 1 unspecified atom stereocenters. The lowest BCUT2D eigenvalue weighted by Gasteiger charge is -2.29. The summed E-state index contributed by atoms with van der Waals surface area (Å²) in [7, 11) is 1.56. The summed E-state index contributed by atoms with van der Waals surface area (Å²) in [5.41, 5.74) is 3.22. The fourth-order valence-corrected chi connectivity index (χ4v) is 4.92. The van der Waals surface area contributed by atoms with E-state index in [-0.39, 0.29) is 11.7 Å². The Bertz CT molecular complexity index is 1720. The van der Waals surface area contributed by atoms with Crippen molar-refractivity contribution in [1.82, 2.24) is 14.8 Å². The van der Waals surface area contributed by atoms with E-state index in [1.54, 1.807) is 42.1 Å². The van der Waals surface area contributed by atoms with Gasteiger partial charge in [-0.05, 0) is 47.5 Å². The number of hydrogen-bond donors (Lipinski definition) is 3. The number of nitrogens with one attached hydrogen (secondary N) is 2. The van der Waals surface area contributed by atoms with Gasteiger partial charge in [0.15, 0.2) is 5.82 Å². The highest BCUT2D eigenvalue weighted by Crippen LogP contribution is 2.39. The van der Waals surface area contributed by atoms with Crippen LogP contribution in [-0.2, 0) is 4.79 Å². The van der Waals surface area contributed by atoms with E-state index in [4.69, 9.17) is 14.8 Å². The molecule has 8 nitrogen and oxygen atoms in total. The summed E-state index contributed by atoms with van der Waals surface area (Å²) < 4.78 is 7.13. The largest absolute Gasteiger partial charge is 0.508 e. The lowest BCUT2D eigenvalue weighted by atomic mass is 9.95. The number of aromatic hydroxyl groups is 1. The molecular weight excluding hydrogens is 478 g/mol. The van der Waals surface area contributed by atoms with E-state index < -0.39 is 6.04 Å². The highest BCUT2D eigenvalue weighted by atomic mass is 16.5. The van der Waals surface area contributed by atoms with Gasteiger partial charge in [-0.15, -0.1) is 5.10 Å². The molecule has 0 aliphatic carbocycles. The molecule has 0 bridgehead atoms. The van der Waals surface area contributed by atoms with Gasteiger partial charge in [0.05, 0.1) is 18.4 Å². The van der Waals surface area contributed by atoms with E-state index in [1.165, 1.54) is 0 Å². The first kappa shape index (κ1) is 23.3. The molecule has 0 spiro atoms. The number of aromatic nitrogens is 3. The molecule has 0 saturated heterocycles. The number of benzene rings is 4. The summed E-state index contributed by atoms with van der Waals surface area (Å²) >= 11 is 0. The van der Waals surface area contributed by atoms with Gasteiger partial charge in [0.2, 0.25) is 5.95 Å². The third kappa shape index (κ3) is 4.02. The van der Waals surface area contributed by atoms with Crippen molar-refractivity contribution in [3.8, 4) is 22.9 Å². The summed E-state index contributed by atoms with van der Waals surface area (Å²) in [5.74, 6) is 1.37. The monoisotopic (exact) mass is 503 g/mol. The molecule has 0 saturated carbocycles. The lowest BCUT2D eigenvalue weighted by molar-refractivity contribution is -0.113. The second kappa shape index (κ2) is 9.40. The number of fused-ring (bicyclic) bond motifs is 2. The maximum atomic E-state index is 13.8. The van der Waals surface area contributed by atoms with E-state index in [1.807, 2.05) is 55.5 Å². The molecule has 6 rings (SSSR count). The van der Waals surface area contributed by atoms with Crippen LogP contribution in [0.1, 0.15) is 18.5 Å². The van der Waals surface area contributed by atoms with Crippen LogP contribution >= 0.6 is 0 Å². The summed E-state index contributed by atoms with van der Waals surface area (Å²) in [6, 6.07) is 27.6. The number of ether oxygens (including phenoxy) is 1. The molecule has 5 aromatic rings. The molecule has 0 fully saturated rings. The van der Waals surface area contributed by atoms with Crippen LogP contribution < -0.4 is 15.4 Å². The predicted octanol–water partition coefficient (Wildman–Crippen LogP) is 5.74. The van der Waals surface area contributed by atoms with Crippen molar-refractivity contribution < 1.29 is 14.6 Å². The Morgan fingerprint density at radius 1 is 1.00 bits per heavy atom. The molecule has 1 aromatic heterocycles. The average molecular weight is 504 g/mol. The van der Waals surface area contributed by atoms with Crippen molar-refractivity contribution >= 4 is 28.3 Å². The van der Waals surface area contributed by atoms with Crippen molar-refractivity contribution in [2.75, 3.05) is 17.7 Å². The zero-order chi connectivity index (χ0) is 26.2. The van der Waals surface area contributed by atoms with Crippen LogP contribution in [0.4, 0.5) is 11.6 Å². The second-order valence-corrected chi connectivity index (χ2v) is 9.05. The van der Waals surface area contributed by atoms with Gasteiger partial charge in [0, 0.05) is 11.3 Å². The third-order valence-electron chi connectivity index (χ3n) is 6.67. The molecular formula is C30H25N5O3. The van der Waals surface area contributed by atoms with Crippen molar-refractivity contribution in [2.45, 2.75) is 13.0 Å². The number of rotatable bonds is 5. The first-order chi connectivity index (χ1) is 18.5. The van der Waals surface area contributed by atoms with Crippen LogP contribution in [0.2, 0.25) is 0 Å². The minimum atomic E-state index is -0.635. The standard InChI is InChI=1S/C30H25N5O3/c1-18-26(29(37)32-24-15-5-6-16-25(24)38-2)27(20-11-7-12-21(36)17-20)35-30(31-18)33-28(34-35)23-14-8-10-19-9-3-4-13-22(19)23/h3-17,27,36H,1-2H3,(H,32,37)(H,31,33,34). The fraction of sp³-hybridized carbons (Fsp3) is 0.100. The fourth-order valence-electron chi connectivity index (χ4n) is 4.92. The van der Waals surface area contributed by atoms with Gasteiger partial charge in [-0.1, -0.05) is 66.7 Å². The second-order valence-electron chi connectivity index (χ2n) is 9.05. The molecule has 8 heteroatoms. The summed E-state index contributed by atoms with van der Waals surface area (Å²) in [6.07, 6.45) is 0. The summed E-state index contributed by atoms with van der Waals surface area (Å²) in [6.45, 7) is 1.84. The van der Waals surface area contributed by atoms with Crippen LogP contribution in [0.5, 0.6) is 11.5 Å². The average Bonchev–Trinajstić information content (AvgIpc) is 3.35. The van der Waals surface area contributed by atoms with Gasteiger partial charge in [0.25, 0.3) is 5.91 Å². The molecule has 1 aliphatic heterocycles. The Morgan fingerprint density at radius 3 is 2.61 bits per heavy atom. The van der Waals surface area contributed by atoms with Crippen LogP contribution in [0.3, 0.4) is 0 Å². The minimum absolute atomic E-state index is 0.0964. The van der Waals surface area contributed by atoms with E-state index in [0.29, 0.717) is 40.0 Å². The first-order valence-electron chi connectivity index (χ1n) is 12.2. The van der Waals surface area contributed by atoms with Gasteiger partial charge in [0.1, 0.15) is 17.5 Å². The Labute approximate surface area is 219 Å². The van der Waals surface area contributed by atoms with Crippen LogP contribution in [-0.4, -0.2) is 32.9 Å². The number of nitrogens with zero attached hydrogens (tertiary/aromatic N) is 3. The van der Waals surface area contributed by atoms with Gasteiger partial charge >= 0.3 is 0 Å². The summed E-state index contributed by atoms with van der Waals surface area (Å²) in [4.78, 5) is 18.6. The smallest absolute Gasteiger partial charge is 0.255 e. The van der Waals surface area contributed by atoms with Gasteiger partial charge < -0.3 is 20.5 Å². The Morgan fingerprint density at radius 2 is 1.76 bits per heavy atom. The number of allylic oxidation sites excluding steroid dienone is 1. The van der Waals surface area contributed by atoms with Crippen molar-refractivity contribution in [1.29, 1.82) is 0 Å². The molecule has 1 aliphatic rings. The van der Waals surface area contributed by atoms with E-state index in [9.17, 15) is 9.90 Å². The van der Waals surface area contributed by atoms with E-state index in [2.05, 4.69) is 22.8 Å². The van der Waals surface area contributed by atoms with Crippen molar-refractivity contribution in [3.05, 3.63) is 108 Å². The van der Waals surface area contributed by atoms with Gasteiger partial charge in [-0.2, -0.15) is 4.98 Å². The zero-order valence-electron chi connectivity index (χ0n) is 20.8. The summed E-state index contributed by atoms with van der Waals surface area (Å²) in [5, 5.41) is 23.6. The quantitative estimate of drug-likeness (QED) is 0.283. The highest BCUT2D eigenvalue weighted by Gasteiger charge is 2.35. The number of methoxy groups -OCH3 is 1.